The maximum atomic E-state index is 13.5. The Kier molecular flexibility index (Phi) is 9.76. The molecular weight excluding hydrogens is 516 g/mol. The van der Waals surface area contributed by atoms with Crippen LogP contribution in [-0.4, -0.2) is 34.0 Å². The lowest BCUT2D eigenvalue weighted by Crippen LogP contribution is -2.73. The zero-order valence-electron chi connectivity index (χ0n) is 24.4. The van der Waals surface area contributed by atoms with Crippen molar-refractivity contribution in [1.82, 2.24) is 20.5 Å². The number of β-lactam (4-membered cyclic amide) rings is 1. The number of imide groups is 1. The van der Waals surface area contributed by atoms with Crippen LogP contribution in [0.1, 0.15) is 74.8 Å². The molecule has 4 amide bonds. The molecule has 0 saturated carbocycles. The molecule has 2 heterocycles. The summed E-state index contributed by atoms with van der Waals surface area (Å²) in [6, 6.07) is 18.5. The van der Waals surface area contributed by atoms with Crippen LogP contribution in [0.5, 0.6) is 5.75 Å². The Morgan fingerprint density at radius 2 is 1.61 bits per heavy atom. The molecule has 216 valence electrons. The van der Waals surface area contributed by atoms with E-state index in [0.717, 1.165) is 35.1 Å². The molecule has 4 rings (SSSR count). The van der Waals surface area contributed by atoms with Crippen LogP contribution in [-0.2, 0) is 22.6 Å². The molecule has 2 aromatic carbocycles. The van der Waals surface area contributed by atoms with Gasteiger partial charge in [0.2, 0.25) is 11.8 Å². The van der Waals surface area contributed by atoms with E-state index in [0.29, 0.717) is 25.1 Å². The summed E-state index contributed by atoms with van der Waals surface area (Å²) >= 11 is 0. The topological polar surface area (TPSA) is 101 Å². The summed E-state index contributed by atoms with van der Waals surface area (Å²) in [4.78, 5) is 44.4. The third-order valence-electron chi connectivity index (χ3n) is 7.96. The van der Waals surface area contributed by atoms with E-state index in [-0.39, 0.29) is 24.3 Å². The van der Waals surface area contributed by atoms with E-state index in [2.05, 4.69) is 22.5 Å². The molecule has 1 fully saturated rings. The number of benzene rings is 2. The maximum absolute atomic E-state index is 13.5. The maximum Gasteiger partial charge on any atom is 0.327 e. The number of rotatable bonds is 12. The van der Waals surface area contributed by atoms with Crippen LogP contribution in [0, 0.1) is 12.3 Å². The monoisotopic (exact) mass is 556 g/mol. The van der Waals surface area contributed by atoms with Gasteiger partial charge >= 0.3 is 6.03 Å². The highest BCUT2D eigenvalue weighted by atomic mass is 16.5. The van der Waals surface area contributed by atoms with E-state index >= 15 is 0 Å². The summed E-state index contributed by atoms with van der Waals surface area (Å²) in [5, 5.41) is 6.01. The van der Waals surface area contributed by atoms with Gasteiger partial charge in [0.1, 0.15) is 11.2 Å². The minimum absolute atomic E-state index is 0.0751. The van der Waals surface area contributed by atoms with Crippen molar-refractivity contribution in [2.75, 3.05) is 0 Å². The van der Waals surface area contributed by atoms with Gasteiger partial charge in [-0.2, -0.15) is 0 Å². The zero-order chi connectivity index (χ0) is 29.4. The Labute approximate surface area is 242 Å². The Morgan fingerprint density at radius 1 is 0.951 bits per heavy atom. The standard InChI is InChI=1S/C33H40N4O4/c1-5-8-28(26-13-9-23(4)10-14-26)36-32(40)37-30(39)33(6-2,7-3)31(37)41-27-15-11-25(12-16-27)22-35-29(38)21-24-17-19-34-20-18-24/h9-20,28,31H,5-8,21-22H2,1-4H3,(H,35,38)(H,36,40)/t28-,31+/m1/s1. The van der Waals surface area contributed by atoms with E-state index in [4.69, 9.17) is 4.74 Å². The van der Waals surface area contributed by atoms with Crippen molar-refractivity contribution in [3.63, 3.8) is 0 Å². The number of likely N-dealkylation sites (tertiary alicyclic amines) is 1. The van der Waals surface area contributed by atoms with Gasteiger partial charge < -0.3 is 15.4 Å². The van der Waals surface area contributed by atoms with E-state index in [1.54, 1.807) is 12.4 Å². The SMILES string of the molecule is CCC[C@@H](NC(=O)N1C(=O)C(CC)(CC)[C@@H]1Oc1ccc(CNC(=O)Cc2ccncc2)cc1)c1ccc(C)cc1. The Balaban J connectivity index is 1.42. The minimum atomic E-state index is -0.763. The van der Waals surface area contributed by atoms with Crippen molar-refractivity contribution in [2.24, 2.45) is 5.41 Å². The smallest absolute Gasteiger partial charge is 0.327 e. The molecular formula is C33H40N4O4. The minimum Gasteiger partial charge on any atom is -0.469 e. The highest BCUT2D eigenvalue weighted by Crippen LogP contribution is 2.46. The molecule has 3 aromatic rings. The zero-order valence-corrected chi connectivity index (χ0v) is 24.4. The van der Waals surface area contributed by atoms with Crippen molar-refractivity contribution in [1.29, 1.82) is 0 Å². The molecule has 41 heavy (non-hydrogen) atoms. The van der Waals surface area contributed by atoms with Crippen LogP contribution in [0.2, 0.25) is 0 Å². The van der Waals surface area contributed by atoms with Gasteiger partial charge in [0.15, 0.2) is 6.23 Å². The van der Waals surface area contributed by atoms with Crippen LogP contribution < -0.4 is 15.4 Å². The fourth-order valence-electron chi connectivity index (χ4n) is 5.29. The summed E-state index contributed by atoms with van der Waals surface area (Å²) in [7, 11) is 0. The molecule has 8 nitrogen and oxygen atoms in total. The van der Waals surface area contributed by atoms with Gasteiger partial charge in [-0.05, 0) is 67.1 Å². The number of carbonyl (C=O) groups is 3. The molecule has 1 aliphatic heterocycles. The number of amides is 4. The fraction of sp³-hybridized carbons (Fsp3) is 0.394. The van der Waals surface area contributed by atoms with Crippen molar-refractivity contribution in [3.8, 4) is 5.75 Å². The number of aromatic nitrogens is 1. The number of pyridine rings is 1. The fourth-order valence-corrected chi connectivity index (χ4v) is 5.29. The van der Waals surface area contributed by atoms with Gasteiger partial charge in [-0.1, -0.05) is 69.2 Å². The van der Waals surface area contributed by atoms with Crippen LogP contribution >= 0.6 is 0 Å². The highest BCUT2D eigenvalue weighted by Gasteiger charge is 2.63. The summed E-state index contributed by atoms with van der Waals surface area (Å²) in [5.41, 5.74) is 3.21. The Morgan fingerprint density at radius 3 is 2.22 bits per heavy atom. The first-order valence-electron chi connectivity index (χ1n) is 14.4. The highest BCUT2D eigenvalue weighted by molar-refractivity contribution is 6.03. The molecule has 0 radical (unpaired) electrons. The lowest BCUT2D eigenvalue weighted by molar-refractivity contribution is -0.191. The summed E-state index contributed by atoms with van der Waals surface area (Å²) < 4.78 is 6.33. The van der Waals surface area contributed by atoms with Gasteiger partial charge in [0, 0.05) is 18.9 Å². The third-order valence-corrected chi connectivity index (χ3v) is 7.96. The third kappa shape index (κ3) is 6.76. The van der Waals surface area contributed by atoms with Crippen molar-refractivity contribution < 1.29 is 19.1 Å². The molecule has 2 atom stereocenters. The first-order valence-corrected chi connectivity index (χ1v) is 14.4. The van der Waals surface area contributed by atoms with Crippen LogP contribution in [0.3, 0.4) is 0 Å². The van der Waals surface area contributed by atoms with Gasteiger partial charge in [-0.25, -0.2) is 9.69 Å². The van der Waals surface area contributed by atoms with Gasteiger partial charge in [0.05, 0.1) is 12.5 Å². The molecule has 2 N–H and O–H groups in total. The van der Waals surface area contributed by atoms with E-state index in [1.807, 2.05) is 81.4 Å². The molecule has 8 heteroatoms. The number of aryl methyl sites for hydroxylation is 1. The largest absolute Gasteiger partial charge is 0.469 e. The second-order valence-corrected chi connectivity index (χ2v) is 10.7. The number of hydrogen-bond donors (Lipinski definition) is 2. The van der Waals surface area contributed by atoms with Crippen molar-refractivity contribution >= 4 is 17.8 Å². The van der Waals surface area contributed by atoms with E-state index in [9.17, 15) is 14.4 Å². The predicted octanol–water partition coefficient (Wildman–Crippen LogP) is 5.85. The van der Waals surface area contributed by atoms with E-state index in [1.165, 1.54) is 4.90 Å². The van der Waals surface area contributed by atoms with Gasteiger partial charge in [0.25, 0.3) is 0 Å². The molecule has 1 aliphatic rings. The second kappa shape index (κ2) is 13.4. The average Bonchev–Trinajstić information content (AvgIpc) is 2.98. The number of urea groups is 1. The number of nitrogens with one attached hydrogen (secondary N) is 2. The number of nitrogens with zero attached hydrogens (tertiary/aromatic N) is 2. The summed E-state index contributed by atoms with van der Waals surface area (Å²) in [5.74, 6) is 0.272. The van der Waals surface area contributed by atoms with Gasteiger partial charge in [-0.3, -0.25) is 14.6 Å². The Bertz CT molecular complexity index is 1320. The normalized spacial score (nSPS) is 16.4. The van der Waals surface area contributed by atoms with Gasteiger partial charge in [-0.15, -0.1) is 0 Å². The molecule has 0 bridgehead atoms. The lowest BCUT2D eigenvalue weighted by Gasteiger charge is -2.53. The second-order valence-electron chi connectivity index (χ2n) is 10.7. The number of hydrogen-bond acceptors (Lipinski definition) is 5. The van der Waals surface area contributed by atoms with Crippen LogP contribution in [0.4, 0.5) is 4.79 Å². The first-order chi connectivity index (χ1) is 19.8. The average molecular weight is 557 g/mol. The predicted molar refractivity (Wildman–Crippen MR) is 158 cm³/mol. The van der Waals surface area contributed by atoms with Crippen molar-refractivity contribution in [2.45, 2.75) is 78.6 Å². The summed E-state index contributed by atoms with van der Waals surface area (Å²) in [6.07, 6.45) is 5.69. The number of carbonyl (C=O) groups excluding carboxylic acids is 3. The molecule has 0 aliphatic carbocycles. The first kappa shape index (κ1) is 29.8. The van der Waals surface area contributed by atoms with Crippen LogP contribution in [0.25, 0.3) is 0 Å². The van der Waals surface area contributed by atoms with Crippen LogP contribution in [0.15, 0.2) is 73.1 Å². The summed E-state index contributed by atoms with van der Waals surface area (Å²) in [6.45, 7) is 8.39. The van der Waals surface area contributed by atoms with Crippen molar-refractivity contribution in [3.05, 3.63) is 95.3 Å². The molecule has 0 unspecified atom stereocenters. The molecule has 0 spiro atoms. The lowest BCUT2D eigenvalue weighted by atomic mass is 9.72. The number of ether oxygens (including phenoxy) is 1. The van der Waals surface area contributed by atoms with E-state index < -0.39 is 17.7 Å². The molecule has 1 aromatic heterocycles. The molecule has 1 saturated heterocycles. The Hall–Kier alpha value is -4.20. The quantitative estimate of drug-likeness (QED) is 0.273.